The summed E-state index contributed by atoms with van der Waals surface area (Å²) in [5.41, 5.74) is 0.945. The maximum Gasteiger partial charge on any atom is 0.335 e. The number of aromatic carboxylic acids is 1. The third-order valence-corrected chi connectivity index (χ3v) is 4.43. The minimum absolute atomic E-state index is 0.258. The Bertz CT molecular complexity index is 639. The summed E-state index contributed by atoms with van der Waals surface area (Å²) in [5.74, 6) is 2.26. The molecule has 6 heteroatoms. The molecule has 1 aromatic carbocycles. The Kier molecular flexibility index (Phi) is 3.73. The van der Waals surface area contributed by atoms with Crippen molar-refractivity contribution in [3.63, 3.8) is 0 Å². The predicted octanol–water partition coefficient (Wildman–Crippen LogP) is 2.27. The van der Waals surface area contributed by atoms with Gasteiger partial charge in [0.15, 0.2) is 0 Å². The summed E-state index contributed by atoms with van der Waals surface area (Å²) >= 11 is 1.96. The molecule has 1 aliphatic heterocycles. The van der Waals surface area contributed by atoms with Crippen LogP contribution in [0.1, 0.15) is 16.8 Å². The fourth-order valence-electron chi connectivity index (χ4n) is 2.39. The second kappa shape index (κ2) is 5.66. The summed E-state index contributed by atoms with van der Waals surface area (Å²) < 4.78 is 0. The molecule has 2 heterocycles. The van der Waals surface area contributed by atoms with Gasteiger partial charge in [-0.25, -0.2) is 14.8 Å². The van der Waals surface area contributed by atoms with Gasteiger partial charge in [0.1, 0.15) is 12.1 Å². The average molecular weight is 289 g/mol. The van der Waals surface area contributed by atoms with Crippen molar-refractivity contribution in [2.45, 2.75) is 6.42 Å². The number of rotatable bonds is 2. The van der Waals surface area contributed by atoms with Gasteiger partial charge in [-0.15, -0.1) is 0 Å². The van der Waals surface area contributed by atoms with Crippen LogP contribution in [0.15, 0.2) is 24.5 Å². The average Bonchev–Trinajstić information content (AvgIpc) is 2.75. The van der Waals surface area contributed by atoms with E-state index in [1.807, 2.05) is 17.8 Å². The van der Waals surface area contributed by atoms with Gasteiger partial charge in [-0.05, 0) is 30.4 Å². The monoisotopic (exact) mass is 289 g/mol. The van der Waals surface area contributed by atoms with Crippen LogP contribution in [0.2, 0.25) is 0 Å². The Morgan fingerprint density at radius 1 is 1.25 bits per heavy atom. The number of anilines is 1. The molecule has 0 bridgehead atoms. The Morgan fingerprint density at radius 2 is 2.15 bits per heavy atom. The zero-order valence-electron chi connectivity index (χ0n) is 11.0. The molecule has 104 valence electrons. The summed E-state index contributed by atoms with van der Waals surface area (Å²) in [6.07, 6.45) is 2.66. The number of carbonyl (C=O) groups is 1. The van der Waals surface area contributed by atoms with Crippen molar-refractivity contribution in [1.82, 2.24) is 9.97 Å². The summed E-state index contributed by atoms with van der Waals surface area (Å²) in [5, 5.41) is 9.96. The van der Waals surface area contributed by atoms with Gasteiger partial charge in [-0.1, -0.05) is 0 Å². The molecule has 0 saturated carbocycles. The number of carboxylic acids is 1. The highest BCUT2D eigenvalue weighted by Crippen LogP contribution is 2.25. The lowest BCUT2D eigenvalue weighted by molar-refractivity contribution is 0.0697. The topological polar surface area (TPSA) is 66.3 Å². The predicted molar refractivity (Wildman–Crippen MR) is 80.7 cm³/mol. The number of carboxylic acid groups (broad SMARTS) is 1. The number of hydrogen-bond acceptors (Lipinski definition) is 5. The first kappa shape index (κ1) is 13.2. The molecule has 0 aliphatic carbocycles. The van der Waals surface area contributed by atoms with E-state index in [2.05, 4.69) is 14.9 Å². The van der Waals surface area contributed by atoms with Crippen LogP contribution in [0.5, 0.6) is 0 Å². The third-order valence-electron chi connectivity index (χ3n) is 3.38. The van der Waals surface area contributed by atoms with Crippen molar-refractivity contribution in [3.05, 3.63) is 30.1 Å². The van der Waals surface area contributed by atoms with E-state index in [4.69, 9.17) is 5.11 Å². The van der Waals surface area contributed by atoms with Gasteiger partial charge in [0.05, 0.1) is 11.1 Å². The lowest BCUT2D eigenvalue weighted by Gasteiger charge is -2.22. The van der Waals surface area contributed by atoms with Crippen molar-refractivity contribution in [3.8, 4) is 0 Å². The minimum Gasteiger partial charge on any atom is -0.478 e. The van der Waals surface area contributed by atoms with Gasteiger partial charge in [0, 0.05) is 24.2 Å². The van der Waals surface area contributed by atoms with Crippen LogP contribution in [0.4, 0.5) is 5.82 Å². The molecule has 0 amide bonds. The van der Waals surface area contributed by atoms with Crippen molar-refractivity contribution in [2.75, 3.05) is 29.5 Å². The molecular weight excluding hydrogens is 274 g/mol. The molecule has 2 aromatic rings. The van der Waals surface area contributed by atoms with Gasteiger partial charge < -0.3 is 10.0 Å². The smallest absolute Gasteiger partial charge is 0.335 e. The highest BCUT2D eigenvalue weighted by atomic mass is 32.2. The van der Waals surface area contributed by atoms with Crippen LogP contribution in [-0.2, 0) is 0 Å². The first-order valence-corrected chi connectivity index (χ1v) is 7.72. The van der Waals surface area contributed by atoms with Crippen LogP contribution < -0.4 is 4.90 Å². The fourth-order valence-corrected chi connectivity index (χ4v) is 3.27. The number of nitrogens with zero attached hydrogens (tertiary/aromatic N) is 3. The lowest BCUT2D eigenvalue weighted by Crippen LogP contribution is -2.26. The molecule has 1 fully saturated rings. The number of thioether (sulfide) groups is 1. The molecule has 0 unspecified atom stereocenters. The Balaban J connectivity index is 2.04. The van der Waals surface area contributed by atoms with Gasteiger partial charge in [-0.2, -0.15) is 11.8 Å². The molecule has 20 heavy (non-hydrogen) atoms. The van der Waals surface area contributed by atoms with E-state index in [0.717, 1.165) is 36.5 Å². The van der Waals surface area contributed by atoms with Gasteiger partial charge >= 0.3 is 5.97 Å². The molecule has 0 spiro atoms. The van der Waals surface area contributed by atoms with E-state index in [1.54, 1.807) is 12.1 Å². The highest BCUT2D eigenvalue weighted by molar-refractivity contribution is 7.99. The quantitative estimate of drug-likeness (QED) is 0.915. The number of fused-ring (bicyclic) bond motifs is 1. The third kappa shape index (κ3) is 2.56. The van der Waals surface area contributed by atoms with E-state index in [-0.39, 0.29) is 5.56 Å². The summed E-state index contributed by atoms with van der Waals surface area (Å²) in [4.78, 5) is 21.9. The van der Waals surface area contributed by atoms with E-state index in [1.165, 1.54) is 12.1 Å². The van der Waals surface area contributed by atoms with Crippen molar-refractivity contribution in [1.29, 1.82) is 0 Å². The van der Waals surface area contributed by atoms with E-state index in [9.17, 15) is 4.79 Å². The summed E-state index contributed by atoms with van der Waals surface area (Å²) in [6.45, 7) is 1.96. The van der Waals surface area contributed by atoms with Crippen LogP contribution in [0.3, 0.4) is 0 Å². The zero-order valence-corrected chi connectivity index (χ0v) is 11.8. The summed E-state index contributed by atoms with van der Waals surface area (Å²) in [7, 11) is 0. The normalized spacial score (nSPS) is 16.1. The van der Waals surface area contributed by atoms with Crippen molar-refractivity contribution < 1.29 is 9.90 Å². The maximum absolute atomic E-state index is 11.0. The van der Waals surface area contributed by atoms with Gasteiger partial charge in [0.2, 0.25) is 0 Å². The molecule has 1 N–H and O–H groups in total. The molecule has 0 atom stereocenters. The molecule has 1 saturated heterocycles. The molecule has 1 aromatic heterocycles. The van der Waals surface area contributed by atoms with E-state index < -0.39 is 5.97 Å². The Labute approximate surface area is 121 Å². The minimum atomic E-state index is -0.932. The van der Waals surface area contributed by atoms with Gasteiger partial charge in [-0.3, -0.25) is 0 Å². The molecule has 5 nitrogen and oxygen atoms in total. The Morgan fingerprint density at radius 3 is 3.00 bits per heavy atom. The Hall–Kier alpha value is -1.82. The van der Waals surface area contributed by atoms with Crippen molar-refractivity contribution >= 4 is 34.5 Å². The molecule has 1 aliphatic rings. The van der Waals surface area contributed by atoms with Crippen LogP contribution in [0.25, 0.3) is 10.9 Å². The second-order valence-corrected chi connectivity index (χ2v) is 5.91. The lowest BCUT2D eigenvalue weighted by atomic mass is 10.1. The highest BCUT2D eigenvalue weighted by Gasteiger charge is 2.15. The number of aromatic nitrogens is 2. The van der Waals surface area contributed by atoms with Crippen LogP contribution in [0, 0.1) is 0 Å². The first-order valence-electron chi connectivity index (χ1n) is 6.56. The zero-order chi connectivity index (χ0) is 13.9. The fraction of sp³-hybridized carbons (Fsp3) is 0.357. The summed E-state index contributed by atoms with van der Waals surface area (Å²) in [6, 6.07) is 5.03. The van der Waals surface area contributed by atoms with Gasteiger partial charge in [0.25, 0.3) is 0 Å². The second-order valence-electron chi connectivity index (χ2n) is 4.69. The van der Waals surface area contributed by atoms with E-state index in [0.29, 0.717) is 5.52 Å². The molecular formula is C14H15N3O2S. The van der Waals surface area contributed by atoms with Crippen molar-refractivity contribution in [2.24, 2.45) is 0 Å². The SMILES string of the molecule is O=C(O)c1ccc2c(N3CCCSCC3)ncnc2c1. The first-order chi connectivity index (χ1) is 9.75. The molecule has 3 rings (SSSR count). The number of hydrogen-bond donors (Lipinski definition) is 1. The number of benzene rings is 1. The van der Waals surface area contributed by atoms with Crippen LogP contribution >= 0.6 is 11.8 Å². The maximum atomic E-state index is 11.0. The van der Waals surface area contributed by atoms with Crippen LogP contribution in [-0.4, -0.2) is 45.6 Å². The largest absolute Gasteiger partial charge is 0.478 e. The van der Waals surface area contributed by atoms with E-state index >= 15 is 0 Å². The standard InChI is InChI=1S/C14H15N3O2S/c18-14(19)10-2-3-11-12(8-10)15-9-16-13(11)17-4-1-6-20-7-5-17/h2-3,8-9H,1,4-7H2,(H,18,19). The molecule has 0 radical (unpaired) electrons.